The van der Waals surface area contributed by atoms with E-state index in [1.54, 1.807) is 17.8 Å². The van der Waals surface area contributed by atoms with E-state index >= 15 is 0 Å². The van der Waals surface area contributed by atoms with E-state index in [1.165, 1.54) is 11.3 Å². The number of hydrogen-bond acceptors (Lipinski definition) is 8. The molecule has 1 aliphatic rings. The number of piperazine rings is 1. The number of nitrogens with zero attached hydrogens (tertiary/aromatic N) is 6. The molecule has 3 aromatic heterocycles. The summed E-state index contributed by atoms with van der Waals surface area (Å²) in [5.74, 6) is 1.29. The largest absolute Gasteiger partial charge is 0.340 e. The van der Waals surface area contributed by atoms with Gasteiger partial charge in [0.1, 0.15) is 4.83 Å². The molecule has 3 aromatic rings. The minimum atomic E-state index is -0.0649. The third-order valence-corrected chi connectivity index (χ3v) is 6.50. The molecule has 4 heterocycles. The summed E-state index contributed by atoms with van der Waals surface area (Å²) in [4.78, 5) is 39.9. The number of amides is 1. The molecule has 0 radical (unpaired) electrons. The second kappa shape index (κ2) is 8.03. The summed E-state index contributed by atoms with van der Waals surface area (Å²) in [7, 11) is 0. The van der Waals surface area contributed by atoms with Gasteiger partial charge in [-0.2, -0.15) is 4.98 Å². The lowest BCUT2D eigenvalue weighted by Crippen LogP contribution is -2.48. The molecule has 0 spiro atoms. The van der Waals surface area contributed by atoms with Crippen LogP contribution >= 0.6 is 11.3 Å². The Kier molecular flexibility index (Phi) is 5.46. The molecular formula is C19H24N6O3S. The van der Waals surface area contributed by atoms with Crippen molar-refractivity contribution < 1.29 is 9.32 Å². The monoisotopic (exact) mass is 416 g/mol. The first-order valence-electron chi connectivity index (χ1n) is 9.67. The summed E-state index contributed by atoms with van der Waals surface area (Å²) >= 11 is 1.53. The van der Waals surface area contributed by atoms with Gasteiger partial charge in [0.05, 0.1) is 18.3 Å². The molecule has 29 heavy (non-hydrogen) atoms. The summed E-state index contributed by atoms with van der Waals surface area (Å²) in [5, 5.41) is 4.59. The Labute approximate surface area is 171 Å². The van der Waals surface area contributed by atoms with Gasteiger partial charge in [0.15, 0.2) is 5.82 Å². The lowest BCUT2D eigenvalue weighted by molar-refractivity contribution is -0.133. The van der Waals surface area contributed by atoms with E-state index in [1.807, 2.05) is 18.7 Å². The molecule has 1 fully saturated rings. The molecule has 0 N–H and O–H groups in total. The highest BCUT2D eigenvalue weighted by Gasteiger charge is 2.22. The molecule has 0 atom stereocenters. The van der Waals surface area contributed by atoms with Crippen molar-refractivity contribution in [1.29, 1.82) is 0 Å². The molecule has 0 aliphatic carbocycles. The van der Waals surface area contributed by atoms with Gasteiger partial charge in [0.25, 0.3) is 5.56 Å². The Bertz CT molecular complexity index is 1090. The maximum Gasteiger partial charge on any atom is 0.262 e. The van der Waals surface area contributed by atoms with Gasteiger partial charge in [-0.05, 0) is 19.4 Å². The normalized spacial score (nSPS) is 15.3. The number of aromatic nitrogens is 4. The summed E-state index contributed by atoms with van der Waals surface area (Å²) in [5.41, 5.74) is 0.918. The molecule has 10 heteroatoms. The maximum absolute atomic E-state index is 12.7. The second-order valence-corrected chi connectivity index (χ2v) is 8.55. The fraction of sp³-hybridized carbons (Fsp3) is 0.526. The first-order valence-corrected chi connectivity index (χ1v) is 10.5. The third-order valence-electron chi connectivity index (χ3n) is 5.38. The van der Waals surface area contributed by atoms with Crippen LogP contribution in [0.25, 0.3) is 10.2 Å². The molecule has 1 saturated heterocycles. The number of fused-ring (bicyclic) bond motifs is 1. The topological polar surface area (TPSA) is 97.4 Å². The van der Waals surface area contributed by atoms with E-state index in [-0.39, 0.29) is 11.5 Å². The zero-order valence-electron chi connectivity index (χ0n) is 16.8. The minimum absolute atomic E-state index is 0.0604. The van der Waals surface area contributed by atoms with Crippen LogP contribution in [0.5, 0.6) is 0 Å². The molecule has 154 valence electrons. The van der Waals surface area contributed by atoms with Crippen molar-refractivity contribution in [3.05, 3.63) is 38.8 Å². The fourth-order valence-corrected chi connectivity index (χ4v) is 4.55. The zero-order chi connectivity index (χ0) is 20.5. The molecule has 4 rings (SSSR count). The summed E-state index contributed by atoms with van der Waals surface area (Å²) < 4.78 is 6.55. The van der Waals surface area contributed by atoms with Gasteiger partial charge in [-0.15, -0.1) is 11.3 Å². The molecule has 0 unspecified atom stereocenters. The van der Waals surface area contributed by atoms with Crippen molar-refractivity contribution in [3.8, 4) is 0 Å². The van der Waals surface area contributed by atoms with E-state index < -0.39 is 0 Å². The molecule has 0 aromatic carbocycles. The molecule has 9 nitrogen and oxygen atoms in total. The van der Waals surface area contributed by atoms with Crippen LogP contribution in [0.15, 0.2) is 15.6 Å². The molecule has 0 saturated carbocycles. The standard InChI is InChI=1S/C19H24N6O3S/c1-12-13(2)29-18-17(12)19(27)25(11-20-18)5-4-16(26)24-8-6-23(7-9-24)10-15-21-14(3)28-22-15/h11H,4-10H2,1-3H3. The second-order valence-electron chi connectivity index (χ2n) is 7.34. The Hall–Kier alpha value is -2.59. The van der Waals surface area contributed by atoms with E-state index in [0.717, 1.165) is 28.4 Å². The highest BCUT2D eigenvalue weighted by atomic mass is 32.1. The van der Waals surface area contributed by atoms with Gasteiger partial charge in [-0.3, -0.25) is 19.1 Å². The van der Waals surface area contributed by atoms with Crippen LogP contribution < -0.4 is 5.56 Å². The summed E-state index contributed by atoms with van der Waals surface area (Å²) in [6.45, 7) is 9.52. The van der Waals surface area contributed by atoms with Gasteiger partial charge in [0, 0.05) is 50.9 Å². The van der Waals surface area contributed by atoms with E-state index in [4.69, 9.17) is 4.52 Å². The van der Waals surface area contributed by atoms with Crippen molar-refractivity contribution in [3.63, 3.8) is 0 Å². The Morgan fingerprint density at radius 2 is 1.97 bits per heavy atom. The van der Waals surface area contributed by atoms with Crippen LogP contribution in [0.3, 0.4) is 0 Å². The van der Waals surface area contributed by atoms with E-state index in [9.17, 15) is 9.59 Å². The molecule has 0 bridgehead atoms. The number of hydrogen-bond donors (Lipinski definition) is 0. The average molecular weight is 417 g/mol. The van der Waals surface area contributed by atoms with Crippen molar-refractivity contribution in [2.24, 2.45) is 0 Å². The summed E-state index contributed by atoms with van der Waals surface area (Å²) in [6, 6.07) is 0. The van der Waals surface area contributed by atoms with E-state index in [2.05, 4.69) is 20.0 Å². The quantitative estimate of drug-likeness (QED) is 0.622. The van der Waals surface area contributed by atoms with Crippen molar-refractivity contribution >= 4 is 27.5 Å². The van der Waals surface area contributed by atoms with E-state index in [0.29, 0.717) is 49.7 Å². The number of carbonyl (C=O) groups is 1. The van der Waals surface area contributed by atoms with Gasteiger partial charge in [-0.25, -0.2) is 4.98 Å². The van der Waals surface area contributed by atoms with Crippen LogP contribution in [0.1, 0.15) is 28.6 Å². The number of rotatable bonds is 5. The SMILES string of the molecule is Cc1nc(CN2CCN(C(=O)CCn3cnc4sc(C)c(C)c4c3=O)CC2)no1. The van der Waals surface area contributed by atoms with Gasteiger partial charge < -0.3 is 9.42 Å². The van der Waals surface area contributed by atoms with Crippen LogP contribution in [-0.2, 0) is 17.9 Å². The first kappa shape index (κ1) is 19.7. The van der Waals surface area contributed by atoms with Crippen molar-refractivity contribution in [2.45, 2.75) is 40.3 Å². The van der Waals surface area contributed by atoms with Crippen LogP contribution in [0.4, 0.5) is 0 Å². The van der Waals surface area contributed by atoms with Crippen molar-refractivity contribution in [2.75, 3.05) is 26.2 Å². The first-order chi connectivity index (χ1) is 13.9. The highest BCUT2D eigenvalue weighted by molar-refractivity contribution is 7.18. The highest BCUT2D eigenvalue weighted by Crippen LogP contribution is 2.25. The van der Waals surface area contributed by atoms with Crippen LogP contribution in [0, 0.1) is 20.8 Å². The predicted molar refractivity (Wildman–Crippen MR) is 109 cm³/mol. The minimum Gasteiger partial charge on any atom is -0.340 e. The lowest BCUT2D eigenvalue weighted by Gasteiger charge is -2.34. The molecular weight excluding hydrogens is 392 g/mol. The van der Waals surface area contributed by atoms with Crippen LogP contribution in [-0.4, -0.2) is 61.6 Å². The van der Waals surface area contributed by atoms with Crippen LogP contribution in [0.2, 0.25) is 0 Å². The number of aryl methyl sites for hydroxylation is 4. The van der Waals surface area contributed by atoms with Crippen molar-refractivity contribution in [1.82, 2.24) is 29.5 Å². The number of thiophene rings is 1. The number of carbonyl (C=O) groups excluding carboxylic acids is 1. The zero-order valence-corrected chi connectivity index (χ0v) is 17.7. The molecule has 1 amide bonds. The van der Waals surface area contributed by atoms with Gasteiger partial charge in [0.2, 0.25) is 11.8 Å². The predicted octanol–water partition coefficient (Wildman–Crippen LogP) is 1.50. The third kappa shape index (κ3) is 4.08. The Morgan fingerprint density at radius 1 is 1.21 bits per heavy atom. The average Bonchev–Trinajstić information content (AvgIpc) is 3.24. The lowest BCUT2D eigenvalue weighted by atomic mass is 10.2. The smallest absolute Gasteiger partial charge is 0.262 e. The molecule has 1 aliphatic heterocycles. The van der Waals surface area contributed by atoms with Gasteiger partial charge >= 0.3 is 0 Å². The maximum atomic E-state index is 12.7. The fourth-order valence-electron chi connectivity index (χ4n) is 3.56. The summed E-state index contributed by atoms with van der Waals surface area (Å²) in [6.07, 6.45) is 1.84. The Balaban J connectivity index is 1.32. The van der Waals surface area contributed by atoms with Gasteiger partial charge in [-0.1, -0.05) is 5.16 Å². The Morgan fingerprint density at radius 3 is 2.66 bits per heavy atom.